The summed E-state index contributed by atoms with van der Waals surface area (Å²) in [6, 6.07) is 12.0. The van der Waals surface area contributed by atoms with Crippen LogP contribution in [0.25, 0.3) is 10.6 Å². The van der Waals surface area contributed by atoms with Gasteiger partial charge in [-0.1, -0.05) is 18.2 Å². The van der Waals surface area contributed by atoms with Crippen molar-refractivity contribution in [3.63, 3.8) is 0 Å². The predicted molar refractivity (Wildman–Crippen MR) is 103 cm³/mol. The van der Waals surface area contributed by atoms with Crippen LogP contribution in [0.15, 0.2) is 48.0 Å². The van der Waals surface area contributed by atoms with Gasteiger partial charge in [0.05, 0.1) is 35.1 Å². The number of carbonyl (C=O) groups is 1. The summed E-state index contributed by atoms with van der Waals surface area (Å²) in [5.74, 6) is 0.893. The first-order valence-corrected chi connectivity index (χ1v) is 9.40. The maximum absolute atomic E-state index is 13.0. The Morgan fingerprint density at radius 2 is 1.96 bits per heavy atom. The lowest BCUT2D eigenvalue weighted by Crippen LogP contribution is -2.48. The summed E-state index contributed by atoms with van der Waals surface area (Å²) in [5.41, 5.74) is 2.51. The number of benzene rings is 1. The third-order valence-corrected chi connectivity index (χ3v) is 5.52. The minimum atomic E-state index is 0.0295. The zero-order valence-electron chi connectivity index (χ0n) is 14.5. The molecule has 0 aliphatic carbocycles. The molecule has 1 saturated heterocycles. The highest BCUT2D eigenvalue weighted by Crippen LogP contribution is 2.30. The molecule has 0 bridgehead atoms. The number of H-pyrrole nitrogens is 1. The van der Waals surface area contributed by atoms with Crippen LogP contribution >= 0.6 is 11.3 Å². The van der Waals surface area contributed by atoms with Gasteiger partial charge in [-0.25, -0.2) is 0 Å². The van der Waals surface area contributed by atoms with Crippen molar-refractivity contribution in [1.82, 2.24) is 15.1 Å². The van der Waals surface area contributed by atoms with Gasteiger partial charge in [0.25, 0.3) is 5.91 Å². The summed E-state index contributed by atoms with van der Waals surface area (Å²) in [6.07, 6.45) is 1.63. The van der Waals surface area contributed by atoms with E-state index in [9.17, 15) is 4.79 Å². The average molecular weight is 368 g/mol. The Morgan fingerprint density at radius 3 is 2.69 bits per heavy atom. The summed E-state index contributed by atoms with van der Waals surface area (Å²) in [5, 5.41) is 9.05. The second-order valence-electron chi connectivity index (χ2n) is 6.09. The SMILES string of the molecule is COc1ccccc1N1CCN(C(=O)c2cn[nH]c2-c2cccs2)CC1. The molecule has 3 aromatic rings. The molecule has 1 aliphatic rings. The van der Waals surface area contributed by atoms with Gasteiger partial charge in [0.1, 0.15) is 5.75 Å². The molecule has 0 spiro atoms. The highest BCUT2D eigenvalue weighted by Gasteiger charge is 2.26. The minimum Gasteiger partial charge on any atom is -0.495 e. The Morgan fingerprint density at radius 1 is 1.15 bits per heavy atom. The lowest BCUT2D eigenvalue weighted by atomic mass is 10.1. The molecule has 1 amide bonds. The maximum atomic E-state index is 13.0. The van der Waals surface area contributed by atoms with Crippen molar-refractivity contribution < 1.29 is 9.53 Å². The molecular formula is C19H20N4O2S. The summed E-state index contributed by atoms with van der Waals surface area (Å²) in [6.45, 7) is 2.90. The molecule has 0 radical (unpaired) electrons. The monoisotopic (exact) mass is 368 g/mol. The Hall–Kier alpha value is -2.80. The van der Waals surface area contributed by atoms with Gasteiger partial charge in [0.2, 0.25) is 0 Å². The first-order valence-electron chi connectivity index (χ1n) is 8.52. The van der Waals surface area contributed by atoms with E-state index >= 15 is 0 Å². The number of methoxy groups -OCH3 is 1. The molecule has 134 valence electrons. The second-order valence-corrected chi connectivity index (χ2v) is 7.03. The number of anilines is 1. The van der Waals surface area contributed by atoms with Gasteiger partial charge in [-0.2, -0.15) is 5.10 Å². The number of aromatic nitrogens is 2. The number of ether oxygens (including phenoxy) is 1. The van der Waals surface area contributed by atoms with Crippen LogP contribution in [-0.2, 0) is 0 Å². The van der Waals surface area contributed by atoms with Gasteiger partial charge in [-0.05, 0) is 23.6 Å². The van der Waals surface area contributed by atoms with Crippen molar-refractivity contribution in [3.8, 4) is 16.3 Å². The van der Waals surface area contributed by atoms with Crippen molar-refractivity contribution in [2.45, 2.75) is 0 Å². The lowest BCUT2D eigenvalue weighted by molar-refractivity contribution is 0.0747. The summed E-state index contributed by atoms with van der Waals surface area (Å²) in [4.78, 5) is 18.2. The molecule has 7 heteroatoms. The smallest absolute Gasteiger partial charge is 0.257 e. The molecule has 1 N–H and O–H groups in total. The third kappa shape index (κ3) is 3.06. The van der Waals surface area contributed by atoms with Gasteiger partial charge in [-0.3, -0.25) is 9.89 Å². The molecule has 0 unspecified atom stereocenters. The Bertz CT molecular complexity index is 883. The van der Waals surface area contributed by atoms with E-state index in [0.29, 0.717) is 18.7 Å². The first-order chi connectivity index (χ1) is 12.8. The van der Waals surface area contributed by atoms with Crippen molar-refractivity contribution in [2.75, 3.05) is 38.2 Å². The molecule has 1 aromatic carbocycles. The van der Waals surface area contributed by atoms with Crippen molar-refractivity contribution in [1.29, 1.82) is 0 Å². The number of nitrogens with zero attached hydrogens (tertiary/aromatic N) is 3. The first kappa shape index (κ1) is 16.7. The lowest BCUT2D eigenvalue weighted by Gasteiger charge is -2.36. The molecule has 1 fully saturated rings. The van der Waals surface area contributed by atoms with E-state index in [1.165, 1.54) is 0 Å². The van der Waals surface area contributed by atoms with Gasteiger partial charge < -0.3 is 14.5 Å². The number of carbonyl (C=O) groups excluding carboxylic acids is 1. The number of piperazine rings is 1. The molecule has 4 rings (SSSR count). The maximum Gasteiger partial charge on any atom is 0.257 e. The summed E-state index contributed by atoms with van der Waals surface area (Å²) < 4.78 is 5.46. The molecule has 6 nitrogen and oxygen atoms in total. The number of nitrogens with one attached hydrogen (secondary N) is 1. The average Bonchev–Trinajstić information content (AvgIpc) is 3.39. The fourth-order valence-corrected chi connectivity index (χ4v) is 4.00. The Balaban J connectivity index is 1.47. The molecule has 0 saturated carbocycles. The number of aromatic amines is 1. The van der Waals surface area contributed by atoms with E-state index in [1.807, 2.05) is 40.6 Å². The van der Waals surface area contributed by atoms with Crippen LogP contribution in [-0.4, -0.2) is 54.3 Å². The Kier molecular flexibility index (Phi) is 4.62. The fourth-order valence-electron chi connectivity index (χ4n) is 3.27. The number of thiophene rings is 1. The van der Waals surface area contributed by atoms with Crippen molar-refractivity contribution >= 4 is 22.9 Å². The zero-order valence-corrected chi connectivity index (χ0v) is 15.3. The van der Waals surface area contributed by atoms with Crippen LogP contribution in [0.4, 0.5) is 5.69 Å². The van der Waals surface area contributed by atoms with E-state index in [-0.39, 0.29) is 5.91 Å². The summed E-state index contributed by atoms with van der Waals surface area (Å²) in [7, 11) is 1.68. The Labute approximate surface area is 156 Å². The largest absolute Gasteiger partial charge is 0.495 e. The van der Waals surface area contributed by atoms with E-state index in [2.05, 4.69) is 21.2 Å². The molecule has 3 heterocycles. The number of amides is 1. The minimum absolute atomic E-state index is 0.0295. The van der Waals surface area contributed by atoms with Gasteiger partial charge in [-0.15, -0.1) is 11.3 Å². The van der Waals surface area contributed by atoms with Crippen LogP contribution in [0.5, 0.6) is 5.75 Å². The third-order valence-electron chi connectivity index (χ3n) is 4.63. The van der Waals surface area contributed by atoms with E-state index in [0.717, 1.165) is 35.1 Å². The van der Waals surface area contributed by atoms with E-state index in [1.54, 1.807) is 24.6 Å². The van der Waals surface area contributed by atoms with Crippen LogP contribution in [0.2, 0.25) is 0 Å². The molecular weight excluding hydrogens is 348 g/mol. The molecule has 0 atom stereocenters. The van der Waals surface area contributed by atoms with E-state index < -0.39 is 0 Å². The number of hydrogen-bond donors (Lipinski definition) is 1. The quantitative estimate of drug-likeness (QED) is 0.769. The van der Waals surface area contributed by atoms with Crippen LogP contribution in [0.3, 0.4) is 0 Å². The number of hydrogen-bond acceptors (Lipinski definition) is 5. The molecule has 2 aromatic heterocycles. The van der Waals surface area contributed by atoms with Gasteiger partial charge in [0.15, 0.2) is 0 Å². The fraction of sp³-hybridized carbons (Fsp3) is 0.263. The number of rotatable bonds is 4. The van der Waals surface area contributed by atoms with Crippen LogP contribution < -0.4 is 9.64 Å². The highest BCUT2D eigenvalue weighted by atomic mass is 32.1. The standard InChI is InChI=1S/C19H20N4O2S/c1-25-16-6-3-2-5-15(16)22-8-10-23(11-9-22)19(24)14-13-20-21-18(14)17-7-4-12-26-17/h2-7,12-13H,8-11H2,1H3,(H,20,21). The van der Waals surface area contributed by atoms with Crippen molar-refractivity contribution in [3.05, 3.63) is 53.5 Å². The predicted octanol–water partition coefficient (Wildman–Crippen LogP) is 3.11. The van der Waals surface area contributed by atoms with Gasteiger partial charge in [0, 0.05) is 26.2 Å². The van der Waals surface area contributed by atoms with E-state index in [4.69, 9.17) is 4.74 Å². The topological polar surface area (TPSA) is 61.5 Å². The van der Waals surface area contributed by atoms with Crippen LogP contribution in [0.1, 0.15) is 10.4 Å². The van der Waals surface area contributed by atoms with Crippen molar-refractivity contribution in [2.24, 2.45) is 0 Å². The molecule has 1 aliphatic heterocycles. The number of para-hydroxylation sites is 2. The zero-order chi connectivity index (χ0) is 17.9. The second kappa shape index (κ2) is 7.21. The highest BCUT2D eigenvalue weighted by molar-refractivity contribution is 7.13. The summed E-state index contributed by atoms with van der Waals surface area (Å²) >= 11 is 1.60. The van der Waals surface area contributed by atoms with Gasteiger partial charge >= 0.3 is 0 Å². The van der Waals surface area contributed by atoms with Crippen LogP contribution in [0, 0.1) is 0 Å². The normalized spacial score (nSPS) is 14.5. The molecule has 26 heavy (non-hydrogen) atoms.